The van der Waals surface area contributed by atoms with Gasteiger partial charge in [0.05, 0.1) is 6.61 Å². The molecule has 0 amide bonds. The van der Waals surface area contributed by atoms with Crippen molar-refractivity contribution in [3.05, 3.63) is 12.0 Å². The number of hydrogen-bond donors (Lipinski definition) is 4. The molecule has 8 heteroatoms. The normalized spacial score (nSPS) is 32.6. The molecule has 1 aromatic heterocycles. The van der Waals surface area contributed by atoms with Gasteiger partial charge in [0.25, 0.3) is 0 Å². The number of aliphatic hydroxyl groups is 3. The molecule has 0 aromatic carbocycles. The highest BCUT2D eigenvalue weighted by Crippen LogP contribution is 2.30. The Hall–Kier alpha value is -1.66. The molecule has 4 atom stereocenters. The van der Waals surface area contributed by atoms with Crippen LogP contribution in [0.2, 0.25) is 0 Å². The van der Waals surface area contributed by atoms with Crippen LogP contribution < -0.4 is 5.73 Å². The molecule has 0 radical (unpaired) electrons. The summed E-state index contributed by atoms with van der Waals surface area (Å²) in [6.07, 6.45) is -3.12. The summed E-state index contributed by atoms with van der Waals surface area (Å²) >= 11 is 0. The van der Waals surface area contributed by atoms with Gasteiger partial charge in [0.1, 0.15) is 30.7 Å². The molecular formula is C9H12N4O4. The highest BCUT2D eigenvalue weighted by Gasteiger charge is 2.44. The molecule has 1 saturated heterocycles. The number of aromatic nitrogens is 2. The monoisotopic (exact) mass is 240 g/mol. The fraction of sp³-hybridized carbons (Fsp3) is 0.556. The quantitative estimate of drug-likeness (QED) is 0.466. The van der Waals surface area contributed by atoms with Crippen molar-refractivity contribution in [2.45, 2.75) is 24.5 Å². The first kappa shape index (κ1) is 11.8. The van der Waals surface area contributed by atoms with Crippen LogP contribution in [-0.4, -0.2) is 49.8 Å². The van der Waals surface area contributed by atoms with Crippen molar-refractivity contribution in [2.75, 3.05) is 12.3 Å². The third kappa shape index (κ3) is 1.75. The number of hydrogen-bond acceptors (Lipinski definition) is 7. The van der Waals surface area contributed by atoms with E-state index in [4.69, 9.17) is 20.8 Å². The molecule has 17 heavy (non-hydrogen) atoms. The number of nitrogens with two attached hydrogens (primary N) is 1. The molecule has 1 aliphatic heterocycles. The molecule has 0 aliphatic carbocycles. The van der Waals surface area contributed by atoms with Gasteiger partial charge in [-0.2, -0.15) is 5.26 Å². The molecule has 2 heterocycles. The van der Waals surface area contributed by atoms with E-state index < -0.39 is 31.1 Å². The fourth-order valence-corrected chi connectivity index (χ4v) is 1.79. The minimum Gasteiger partial charge on any atom is -0.394 e. The second kappa shape index (κ2) is 4.31. The van der Waals surface area contributed by atoms with Crippen molar-refractivity contribution in [3.63, 3.8) is 0 Å². The molecule has 5 N–H and O–H groups in total. The van der Waals surface area contributed by atoms with Gasteiger partial charge in [0.15, 0.2) is 17.7 Å². The molecule has 0 bridgehead atoms. The first-order valence-corrected chi connectivity index (χ1v) is 4.95. The maximum Gasteiger partial charge on any atom is 0.166 e. The number of ether oxygens (including phenoxy) is 1. The number of nitriles is 1. The van der Waals surface area contributed by atoms with Crippen LogP contribution in [0.3, 0.4) is 0 Å². The summed E-state index contributed by atoms with van der Waals surface area (Å²) in [6.45, 7) is -0.430. The second-order valence-corrected chi connectivity index (χ2v) is 3.73. The second-order valence-electron chi connectivity index (χ2n) is 3.73. The number of nitrogen functional groups attached to an aromatic ring is 1. The van der Waals surface area contributed by atoms with Crippen molar-refractivity contribution in [2.24, 2.45) is 0 Å². The molecule has 0 saturated carbocycles. The SMILES string of the molecule is N#Cc1c(N)ncn1[C@@H]1O[C@@H](CO)[C@@H](O)[C@@H]1O. The molecule has 0 unspecified atom stereocenters. The maximum atomic E-state index is 9.76. The van der Waals surface area contributed by atoms with Crippen molar-refractivity contribution >= 4 is 5.82 Å². The summed E-state index contributed by atoms with van der Waals surface area (Å²) in [4.78, 5) is 3.73. The van der Waals surface area contributed by atoms with Crippen LogP contribution in [0.25, 0.3) is 0 Å². The molecule has 1 aromatic rings. The van der Waals surface area contributed by atoms with E-state index in [0.717, 1.165) is 0 Å². The van der Waals surface area contributed by atoms with Crippen LogP contribution in [0.5, 0.6) is 0 Å². The topological polar surface area (TPSA) is 138 Å². The molecule has 0 spiro atoms. The average Bonchev–Trinajstić information content (AvgIpc) is 2.82. The van der Waals surface area contributed by atoms with Crippen LogP contribution in [0.4, 0.5) is 5.82 Å². The largest absolute Gasteiger partial charge is 0.394 e. The van der Waals surface area contributed by atoms with Crippen LogP contribution in [0.1, 0.15) is 11.9 Å². The minimum absolute atomic E-state index is 0.0187. The Morgan fingerprint density at radius 1 is 1.53 bits per heavy atom. The maximum absolute atomic E-state index is 9.76. The Morgan fingerprint density at radius 3 is 2.76 bits per heavy atom. The molecular weight excluding hydrogens is 228 g/mol. The predicted molar refractivity (Wildman–Crippen MR) is 54.4 cm³/mol. The van der Waals surface area contributed by atoms with E-state index in [-0.39, 0.29) is 11.5 Å². The standard InChI is InChI=1S/C9H12N4O4/c10-1-4-8(11)12-3-13(4)9-7(16)6(15)5(2-14)17-9/h3,5-7,9,14-16H,2,11H2/t5-,6+,7-,9+/m0/s1. The summed E-state index contributed by atoms with van der Waals surface area (Å²) in [7, 11) is 0. The fourth-order valence-electron chi connectivity index (χ4n) is 1.79. The van der Waals surface area contributed by atoms with E-state index in [1.54, 1.807) is 0 Å². The molecule has 1 aliphatic rings. The summed E-state index contributed by atoms with van der Waals surface area (Å²) in [5, 5.41) is 37.2. The Bertz CT molecular complexity index is 454. The minimum atomic E-state index is -1.26. The van der Waals surface area contributed by atoms with Gasteiger partial charge in [-0.05, 0) is 0 Å². The third-order valence-electron chi connectivity index (χ3n) is 2.72. The van der Waals surface area contributed by atoms with Crippen LogP contribution in [0.15, 0.2) is 6.33 Å². The first-order valence-electron chi connectivity index (χ1n) is 4.95. The lowest BCUT2D eigenvalue weighted by Crippen LogP contribution is -2.33. The van der Waals surface area contributed by atoms with Crippen LogP contribution in [-0.2, 0) is 4.74 Å². The number of anilines is 1. The van der Waals surface area contributed by atoms with E-state index in [1.807, 2.05) is 6.07 Å². The Balaban J connectivity index is 2.33. The Labute approximate surface area is 96.5 Å². The van der Waals surface area contributed by atoms with Gasteiger partial charge in [-0.15, -0.1) is 0 Å². The van der Waals surface area contributed by atoms with Crippen molar-refractivity contribution in [3.8, 4) is 6.07 Å². The Morgan fingerprint density at radius 2 is 2.24 bits per heavy atom. The van der Waals surface area contributed by atoms with E-state index >= 15 is 0 Å². The third-order valence-corrected chi connectivity index (χ3v) is 2.72. The molecule has 8 nitrogen and oxygen atoms in total. The number of nitrogens with zero attached hydrogens (tertiary/aromatic N) is 3. The molecule has 2 rings (SSSR count). The number of aliphatic hydroxyl groups excluding tert-OH is 3. The zero-order valence-corrected chi connectivity index (χ0v) is 8.76. The van der Waals surface area contributed by atoms with E-state index in [9.17, 15) is 10.2 Å². The van der Waals surface area contributed by atoms with Gasteiger partial charge >= 0.3 is 0 Å². The van der Waals surface area contributed by atoms with Crippen molar-refractivity contribution in [1.82, 2.24) is 9.55 Å². The lowest BCUT2D eigenvalue weighted by molar-refractivity contribution is -0.0531. The van der Waals surface area contributed by atoms with Crippen LogP contribution >= 0.6 is 0 Å². The van der Waals surface area contributed by atoms with Gasteiger partial charge in [-0.3, -0.25) is 4.57 Å². The lowest BCUT2D eigenvalue weighted by atomic mass is 10.1. The zero-order chi connectivity index (χ0) is 12.6. The highest BCUT2D eigenvalue weighted by molar-refractivity contribution is 5.44. The van der Waals surface area contributed by atoms with Gasteiger partial charge < -0.3 is 25.8 Å². The first-order chi connectivity index (χ1) is 8.10. The summed E-state index contributed by atoms with van der Waals surface area (Å²) in [5.74, 6) is 0.0187. The molecule has 92 valence electrons. The number of rotatable bonds is 2. The van der Waals surface area contributed by atoms with Crippen LogP contribution in [0, 0.1) is 11.3 Å². The summed E-state index contributed by atoms with van der Waals surface area (Å²) < 4.78 is 6.48. The smallest absolute Gasteiger partial charge is 0.166 e. The summed E-state index contributed by atoms with van der Waals surface area (Å²) in [6, 6.07) is 1.83. The highest BCUT2D eigenvalue weighted by atomic mass is 16.6. The molecule has 1 fully saturated rings. The average molecular weight is 240 g/mol. The van der Waals surface area contributed by atoms with E-state index in [2.05, 4.69) is 4.98 Å². The Kier molecular flexibility index (Phi) is 2.99. The predicted octanol–water partition coefficient (Wildman–Crippen LogP) is -2.05. The van der Waals surface area contributed by atoms with Crippen molar-refractivity contribution in [1.29, 1.82) is 5.26 Å². The van der Waals surface area contributed by atoms with E-state index in [0.29, 0.717) is 0 Å². The number of imidazole rings is 1. The van der Waals surface area contributed by atoms with Gasteiger partial charge in [-0.25, -0.2) is 4.98 Å². The summed E-state index contributed by atoms with van der Waals surface area (Å²) in [5.41, 5.74) is 5.50. The van der Waals surface area contributed by atoms with Gasteiger partial charge in [0.2, 0.25) is 0 Å². The van der Waals surface area contributed by atoms with E-state index in [1.165, 1.54) is 10.9 Å². The lowest BCUT2D eigenvalue weighted by Gasteiger charge is -2.16. The van der Waals surface area contributed by atoms with Gasteiger partial charge in [-0.1, -0.05) is 0 Å². The van der Waals surface area contributed by atoms with Crippen molar-refractivity contribution < 1.29 is 20.1 Å². The van der Waals surface area contributed by atoms with Gasteiger partial charge in [0, 0.05) is 0 Å². The zero-order valence-electron chi connectivity index (χ0n) is 8.76.